The van der Waals surface area contributed by atoms with Crippen LogP contribution in [0.25, 0.3) is 0 Å². The van der Waals surface area contributed by atoms with E-state index in [-0.39, 0.29) is 6.61 Å². The van der Waals surface area contributed by atoms with E-state index in [2.05, 4.69) is 24.7 Å². The molecule has 0 aliphatic carbocycles. The molecule has 156 valence electrons. The molecule has 0 radical (unpaired) electrons. The van der Waals surface area contributed by atoms with Crippen molar-refractivity contribution < 1.29 is 19.1 Å². The molecule has 0 saturated carbocycles. The van der Waals surface area contributed by atoms with Crippen molar-refractivity contribution in [3.8, 4) is 11.5 Å². The Kier molecular flexibility index (Phi) is 8.52. The van der Waals surface area contributed by atoms with Crippen LogP contribution in [0.3, 0.4) is 0 Å². The summed E-state index contributed by atoms with van der Waals surface area (Å²) in [5.41, 5.74) is 7.09. The van der Waals surface area contributed by atoms with E-state index in [9.17, 15) is 9.59 Å². The van der Waals surface area contributed by atoms with E-state index >= 15 is 0 Å². The van der Waals surface area contributed by atoms with Crippen molar-refractivity contribution in [2.24, 2.45) is 0 Å². The summed E-state index contributed by atoms with van der Waals surface area (Å²) in [7, 11) is 0. The second-order valence-electron chi connectivity index (χ2n) is 7.03. The zero-order chi connectivity index (χ0) is 21.2. The maximum Gasteiger partial charge on any atom is 0.279 e. The van der Waals surface area contributed by atoms with Crippen LogP contribution in [0.1, 0.15) is 50.7 Å². The molecule has 2 amide bonds. The summed E-state index contributed by atoms with van der Waals surface area (Å²) in [6, 6.07) is 15.1. The number of carbonyl (C=O) groups is 2. The maximum atomic E-state index is 12.3. The van der Waals surface area contributed by atoms with Gasteiger partial charge in [-0.1, -0.05) is 50.6 Å². The lowest BCUT2D eigenvalue weighted by Gasteiger charge is -2.17. The number of ether oxygens (including phenoxy) is 2. The zero-order valence-electron chi connectivity index (χ0n) is 17.5. The van der Waals surface area contributed by atoms with E-state index in [1.165, 1.54) is 5.56 Å². The Labute approximate surface area is 172 Å². The molecule has 0 saturated heterocycles. The first-order valence-electron chi connectivity index (χ1n) is 9.97. The van der Waals surface area contributed by atoms with Crippen LogP contribution in [-0.2, 0) is 9.59 Å². The first-order valence-corrected chi connectivity index (χ1v) is 9.97. The van der Waals surface area contributed by atoms with Crippen molar-refractivity contribution >= 4 is 11.8 Å². The molecule has 0 aliphatic heterocycles. The van der Waals surface area contributed by atoms with Gasteiger partial charge in [-0.05, 0) is 55.5 Å². The molecule has 2 unspecified atom stereocenters. The van der Waals surface area contributed by atoms with Gasteiger partial charge in [0.2, 0.25) is 0 Å². The summed E-state index contributed by atoms with van der Waals surface area (Å²) in [5, 5.41) is 0. The number of aryl methyl sites for hydroxylation is 1. The Hall–Kier alpha value is -3.02. The molecule has 2 N–H and O–H groups in total. The molecule has 0 bridgehead atoms. The predicted molar refractivity (Wildman–Crippen MR) is 113 cm³/mol. The van der Waals surface area contributed by atoms with Crippen LogP contribution in [0.2, 0.25) is 0 Å². The third kappa shape index (κ3) is 7.14. The molecule has 0 aliphatic rings. The van der Waals surface area contributed by atoms with Crippen molar-refractivity contribution in [2.45, 2.75) is 52.6 Å². The molecule has 0 spiro atoms. The lowest BCUT2D eigenvalue weighted by atomic mass is 9.99. The fourth-order valence-electron chi connectivity index (χ4n) is 2.63. The molecule has 6 heteroatoms. The van der Waals surface area contributed by atoms with Gasteiger partial charge in [0.05, 0.1) is 0 Å². The molecule has 6 nitrogen and oxygen atoms in total. The normalized spacial score (nSPS) is 12.6. The summed E-state index contributed by atoms with van der Waals surface area (Å²) in [5.74, 6) is 0.825. The van der Waals surface area contributed by atoms with E-state index in [0.29, 0.717) is 23.8 Å². The van der Waals surface area contributed by atoms with Crippen LogP contribution >= 0.6 is 0 Å². The second kappa shape index (κ2) is 11.1. The van der Waals surface area contributed by atoms with Gasteiger partial charge >= 0.3 is 0 Å². The van der Waals surface area contributed by atoms with Gasteiger partial charge in [0.1, 0.15) is 11.5 Å². The highest BCUT2D eigenvalue weighted by Gasteiger charge is 2.19. The van der Waals surface area contributed by atoms with Gasteiger partial charge in [-0.3, -0.25) is 20.4 Å². The number of carbonyl (C=O) groups excluding carboxylic acids is 2. The standard InChI is InChI=1S/C23H30N2O4/c1-5-17(4)18-9-13-19(14-10-18)28-15-22(26)24-25-23(27)21(6-2)29-20-11-7-16(3)8-12-20/h7-14,17,21H,5-6,15H2,1-4H3,(H,24,26)(H,25,27). The Bertz CT molecular complexity index is 788. The lowest BCUT2D eigenvalue weighted by Crippen LogP contribution is -2.49. The van der Waals surface area contributed by atoms with Crippen molar-refractivity contribution in [1.82, 2.24) is 10.9 Å². The predicted octanol–water partition coefficient (Wildman–Crippen LogP) is 3.89. The number of nitrogens with one attached hydrogen (secondary N) is 2. The zero-order valence-corrected chi connectivity index (χ0v) is 17.5. The smallest absolute Gasteiger partial charge is 0.279 e. The maximum absolute atomic E-state index is 12.3. The van der Waals surface area contributed by atoms with E-state index < -0.39 is 17.9 Å². The molecule has 0 heterocycles. The quantitative estimate of drug-likeness (QED) is 0.628. The molecule has 2 aromatic rings. The van der Waals surface area contributed by atoms with Gasteiger partial charge in [-0.25, -0.2) is 0 Å². The first-order chi connectivity index (χ1) is 13.9. The fraction of sp³-hybridized carbons (Fsp3) is 0.391. The van der Waals surface area contributed by atoms with Crippen LogP contribution in [0.4, 0.5) is 0 Å². The Balaban J connectivity index is 1.76. The average molecular weight is 399 g/mol. The number of amides is 2. The minimum atomic E-state index is -0.702. The topological polar surface area (TPSA) is 76.7 Å². The van der Waals surface area contributed by atoms with Crippen molar-refractivity contribution in [3.05, 3.63) is 59.7 Å². The fourth-order valence-corrected chi connectivity index (χ4v) is 2.63. The van der Waals surface area contributed by atoms with Gasteiger partial charge in [0, 0.05) is 0 Å². The monoisotopic (exact) mass is 398 g/mol. The van der Waals surface area contributed by atoms with Crippen LogP contribution < -0.4 is 20.3 Å². The first kappa shape index (κ1) is 22.3. The highest BCUT2D eigenvalue weighted by molar-refractivity contribution is 5.85. The van der Waals surface area contributed by atoms with Gasteiger partial charge in [-0.2, -0.15) is 0 Å². The van der Waals surface area contributed by atoms with Gasteiger partial charge in [0.25, 0.3) is 11.8 Å². The largest absolute Gasteiger partial charge is 0.484 e. The van der Waals surface area contributed by atoms with Gasteiger partial charge in [-0.15, -0.1) is 0 Å². The summed E-state index contributed by atoms with van der Waals surface area (Å²) in [4.78, 5) is 24.2. The number of hydrogen-bond acceptors (Lipinski definition) is 4. The number of hydrazine groups is 1. The van der Waals surface area contributed by atoms with Crippen LogP contribution in [0, 0.1) is 6.92 Å². The van der Waals surface area contributed by atoms with Crippen LogP contribution in [0.5, 0.6) is 11.5 Å². The molecular formula is C23H30N2O4. The highest BCUT2D eigenvalue weighted by atomic mass is 16.5. The summed E-state index contributed by atoms with van der Waals surface area (Å²) in [6.07, 6.45) is 0.829. The minimum Gasteiger partial charge on any atom is -0.484 e. The molecule has 2 rings (SSSR count). The van der Waals surface area contributed by atoms with Crippen molar-refractivity contribution in [1.29, 1.82) is 0 Å². The van der Waals surface area contributed by atoms with Gasteiger partial charge in [0.15, 0.2) is 12.7 Å². The number of rotatable bonds is 9. The van der Waals surface area contributed by atoms with Crippen molar-refractivity contribution in [3.63, 3.8) is 0 Å². The molecule has 2 aromatic carbocycles. The molecule has 2 atom stereocenters. The second-order valence-corrected chi connectivity index (χ2v) is 7.03. The molecular weight excluding hydrogens is 368 g/mol. The Morgan fingerprint density at radius 2 is 1.52 bits per heavy atom. The van der Waals surface area contributed by atoms with Crippen molar-refractivity contribution in [2.75, 3.05) is 6.61 Å². The minimum absolute atomic E-state index is 0.196. The average Bonchev–Trinajstić information content (AvgIpc) is 2.75. The molecule has 29 heavy (non-hydrogen) atoms. The van der Waals surface area contributed by atoms with Gasteiger partial charge < -0.3 is 9.47 Å². The highest BCUT2D eigenvalue weighted by Crippen LogP contribution is 2.21. The van der Waals surface area contributed by atoms with Crippen LogP contribution in [-0.4, -0.2) is 24.5 Å². The Morgan fingerprint density at radius 3 is 2.10 bits per heavy atom. The molecule has 0 fully saturated rings. The summed E-state index contributed by atoms with van der Waals surface area (Å²) < 4.78 is 11.2. The van der Waals surface area contributed by atoms with E-state index in [4.69, 9.17) is 9.47 Å². The third-order valence-corrected chi connectivity index (χ3v) is 4.72. The summed E-state index contributed by atoms with van der Waals surface area (Å²) >= 11 is 0. The van der Waals surface area contributed by atoms with E-state index in [1.54, 1.807) is 0 Å². The number of benzene rings is 2. The third-order valence-electron chi connectivity index (χ3n) is 4.72. The van der Waals surface area contributed by atoms with E-state index in [0.717, 1.165) is 12.0 Å². The number of hydrogen-bond donors (Lipinski definition) is 2. The van der Waals surface area contributed by atoms with Crippen LogP contribution in [0.15, 0.2) is 48.5 Å². The SMILES string of the molecule is CCC(Oc1ccc(C)cc1)C(=O)NNC(=O)COc1ccc(C(C)CC)cc1. The molecule has 0 aromatic heterocycles. The Morgan fingerprint density at radius 1 is 0.897 bits per heavy atom. The lowest BCUT2D eigenvalue weighted by molar-refractivity contribution is -0.134. The van der Waals surface area contributed by atoms with E-state index in [1.807, 2.05) is 62.4 Å². The summed E-state index contributed by atoms with van der Waals surface area (Å²) in [6.45, 7) is 7.93.